The van der Waals surface area contributed by atoms with Gasteiger partial charge in [-0.1, -0.05) is 18.2 Å². The Morgan fingerprint density at radius 2 is 2.11 bits per heavy atom. The van der Waals surface area contributed by atoms with Crippen LogP contribution >= 0.6 is 23.1 Å². The van der Waals surface area contributed by atoms with Crippen LogP contribution in [0.25, 0.3) is 4.96 Å². The molecule has 1 aromatic carbocycles. The fourth-order valence-electron chi connectivity index (χ4n) is 1.85. The van der Waals surface area contributed by atoms with Crippen molar-refractivity contribution in [1.29, 1.82) is 0 Å². The van der Waals surface area contributed by atoms with Gasteiger partial charge in [0, 0.05) is 27.8 Å². The number of rotatable bonds is 3. The van der Waals surface area contributed by atoms with Crippen LogP contribution in [0, 0.1) is 6.92 Å². The van der Waals surface area contributed by atoms with Crippen molar-refractivity contribution in [2.75, 3.05) is 0 Å². The van der Waals surface area contributed by atoms with Crippen LogP contribution in [-0.4, -0.2) is 9.38 Å². The highest BCUT2D eigenvalue weighted by atomic mass is 32.2. The van der Waals surface area contributed by atoms with E-state index in [0.717, 1.165) is 16.3 Å². The number of thioether (sulfide) groups is 1. The van der Waals surface area contributed by atoms with E-state index in [1.54, 1.807) is 22.2 Å². The van der Waals surface area contributed by atoms with Gasteiger partial charge in [-0.15, -0.1) is 23.1 Å². The molecule has 5 heteroatoms. The lowest BCUT2D eigenvalue weighted by Crippen LogP contribution is -2.14. The first-order valence-corrected chi connectivity index (χ1v) is 7.75. The van der Waals surface area contributed by atoms with E-state index in [1.807, 2.05) is 30.5 Å². The molecular formula is C14H12N2OS2. The van der Waals surface area contributed by atoms with E-state index < -0.39 is 0 Å². The van der Waals surface area contributed by atoms with Gasteiger partial charge >= 0.3 is 0 Å². The number of aryl methyl sites for hydroxylation is 1. The molecular weight excluding hydrogens is 276 g/mol. The average molecular weight is 288 g/mol. The molecule has 0 fully saturated rings. The molecule has 0 spiro atoms. The summed E-state index contributed by atoms with van der Waals surface area (Å²) in [5.41, 5.74) is 1.79. The van der Waals surface area contributed by atoms with Crippen molar-refractivity contribution in [3.8, 4) is 0 Å². The predicted molar refractivity (Wildman–Crippen MR) is 80.1 cm³/mol. The van der Waals surface area contributed by atoms with Gasteiger partial charge in [-0.2, -0.15) is 0 Å². The van der Waals surface area contributed by atoms with Crippen LogP contribution in [0.4, 0.5) is 0 Å². The van der Waals surface area contributed by atoms with Crippen LogP contribution in [0.2, 0.25) is 0 Å². The number of aromatic nitrogens is 2. The van der Waals surface area contributed by atoms with Crippen molar-refractivity contribution in [3.63, 3.8) is 0 Å². The number of benzene rings is 1. The smallest absolute Gasteiger partial charge is 0.258 e. The largest absolute Gasteiger partial charge is 0.269 e. The van der Waals surface area contributed by atoms with Crippen LogP contribution < -0.4 is 5.56 Å². The molecule has 3 rings (SSSR count). The zero-order valence-electron chi connectivity index (χ0n) is 10.4. The summed E-state index contributed by atoms with van der Waals surface area (Å²) in [4.78, 5) is 18.5. The van der Waals surface area contributed by atoms with Gasteiger partial charge in [0.2, 0.25) is 0 Å². The summed E-state index contributed by atoms with van der Waals surface area (Å²) in [5, 5.41) is 1.96. The molecule has 0 unspecified atom stereocenters. The number of nitrogens with zero attached hydrogens (tertiary/aromatic N) is 2. The second kappa shape index (κ2) is 5.19. The average Bonchev–Trinajstić information content (AvgIpc) is 2.80. The molecule has 0 amide bonds. The Bertz CT molecular complexity index is 762. The van der Waals surface area contributed by atoms with E-state index in [2.05, 4.69) is 17.1 Å². The van der Waals surface area contributed by atoms with Gasteiger partial charge in [0.05, 0.1) is 5.69 Å². The molecule has 96 valence electrons. The van der Waals surface area contributed by atoms with Crippen molar-refractivity contribution < 1.29 is 0 Å². The third kappa shape index (κ3) is 2.57. The summed E-state index contributed by atoms with van der Waals surface area (Å²) in [7, 11) is 0. The number of hydrogen-bond acceptors (Lipinski definition) is 4. The van der Waals surface area contributed by atoms with E-state index in [9.17, 15) is 4.79 Å². The van der Waals surface area contributed by atoms with Crippen molar-refractivity contribution in [1.82, 2.24) is 9.38 Å². The zero-order chi connectivity index (χ0) is 13.2. The molecule has 0 aliphatic carbocycles. The van der Waals surface area contributed by atoms with Crippen molar-refractivity contribution in [2.24, 2.45) is 0 Å². The highest BCUT2D eigenvalue weighted by Gasteiger charge is 2.06. The Morgan fingerprint density at radius 3 is 2.89 bits per heavy atom. The van der Waals surface area contributed by atoms with Crippen molar-refractivity contribution in [2.45, 2.75) is 17.6 Å². The van der Waals surface area contributed by atoms with Gasteiger partial charge in [0.25, 0.3) is 5.56 Å². The lowest BCUT2D eigenvalue weighted by atomic mass is 10.4. The fourth-order valence-corrected chi connectivity index (χ4v) is 3.55. The first-order chi connectivity index (χ1) is 9.24. The fraction of sp³-hybridized carbons (Fsp3) is 0.143. The first-order valence-electron chi connectivity index (χ1n) is 5.89. The number of thiazole rings is 1. The van der Waals surface area contributed by atoms with Crippen LogP contribution in [0.1, 0.15) is 11.4 Å². The predicted octanol–water partition coefficient (Wildman–Crippen LogP) is 3.36. The van der Waals surface area contributed by atoms with E-state index >= 15 is 0 Å². The maximum Gasteiger partial charge on any atom is 0.258 e. The summed E-state index contributed by atoms with van der Waals surface area (Å²) in [5.74, 6) is 0.715. The van der Waals surface area contributed by atoms with Crippen molar-refractivity contribution in [3.05, 3.63) is 63.5 Å². The third-order valence-corrected chi connectivity index (χ3v) is 4.75. The van der Waals surface area contributed by atoms with Crippen molar-refractivity contribution >= 4 is 28.1 Å². The molecule has 2 aromatic heterocycles. The minimum Gasteiger partial charge on any atom is -0.269 e. The Labute approximate surface area is 118 Å². The minimum absolute atomic E-state index is 0.00686. The van der Waals surface area contributed by atoms with Gasteiger partial charge in [-0.25, -0.2) is 4.98 Å². The first kappa shape index (κ1) is 12.4. The van der Waals surface area contributed by atoms with Gasteiger partial charge in [0.1, 0.15) is 0 Å². The quantitative estimate of drug-likeness (QED) is 0.693. The highest BCUT2D eigenvalue weighted by Crippen LogP contribution is 2.21. The second-order valence-electron chi connectivity index (χ2n) is 4.18. The molecule has 2 heterocycles. The molecule has 0 radical (unpaired) electrons. The molecule has 0 saturated carbocycles. The standard InChI is InChI=1S/C14H12N2OS2/c1-10-8-19-14-15-11(7-13(17)16(10)14)9-18-12-5-3-2-4-6-12/h2-8H,9H2,1H3. The van der Waals surface area contributed by atoms with Crippen LogP contribution in [0.15, 0.2) is 51.5 Å². The summed E-state index contributed by atoms with van der Waals surface area (Å²) in [6.07, 6.45) is 0. The van der Waals surface area contributed by atoms with E-state index in [4.69, 9.17) is 0 Å². The summed E-state index contributed by atoms with van der Waals surface area (Å²) in [6, 6.07) is 11.8. The van der Waals surface area contributed by atoms with E-state index in [0.29, 0.717) is 5.75 Å². The monoisotopic (exact) mass is 288 g/mol. The topological polar surface area (TPSA) is 34.4 Å². The van der Waals surface area contributed by atoms with Gasteiger partial charge in [-0.05, 0) is 19.1 Å². The summed E-state index contributed by atoms with van der Waals surface area (Å²) in [6.45, 7) is 1.92. The molecule has 3 aromatic rings. The van der Waals surface area contributed by atoms with Crippen LogP contribution in [0.3, 0.4) is 0 Å². The lowest BCUT2D eigenvalue weighted by molar-refractivity contribution is 0.997. The maximum absolute atomic E-state index is 12.0. The molecule has 0 saturated heterocycles. The van der Waals surface area contributed by atoms with E-state index in [-0.39, 0.29) is 5.56 Å². The Hall–Kier alpha value is -1.59. The summed E-state index contributed by atoms with van der Waals surface area (Å²) >= 11 is 3.20. The lowest BCUT2D eigenvalue weighted by Gasteiger charge is -2.02. The van der Waals surface area contributed by atoms with Gasteiger partial charge in [-0.3, -0.25) is 9.20 Å². The molecule has 0 N–H and O–H groups in total. The molecule has 0 aliphatic rings. The highest BCUT2D eigenvalue weighted by molar-refractivity contribution is 7.98. The third-order valence-electron chi connectivity index (χ3n) is 2.76. The second-order valence-corrected chi connectivity index (χ2v) is 6.07. The van der Waals surface area contributed by atoms with Gasteiger partial charge in [0.15, 0.2) is 4.96 Å². The number of hydrogen-bond donors (Lipinski definition) is 0. The molecule has 0 atom stereocenters. The molecule has 0 aliphatic heterocycles. The SMILES string of the molecule is Cc1csc2nc(CSc3ccccc3)cc(=O)n12. The van der Waals surface area contributed by atoms with Gasteiger partial charge < -0.3 is 0 Å². The van der Waals surface area contributed by atoms with Crippen LogP contribution in [0.5, 0.6) is 0 Å². The maximum atomic E-state index is 12.0. The van der Waals surface area contributed by atoms with E-state index in [1.165, 1.54) is 16.2 Å². The Balaban J connectivity index is 1.88. The molecule has 19 heavy (non-hydrogen) atoms. The number of fused-ring (bicyclic) bond motifs is 1. The molecule has 0 bridgehead atoms. The normalized spacial score (nSPS) is 11.0. The summed E-state index contributed by atoms with van der Waals surface area (Å²) < 4.78 is 1.65. The minimum atomic E-state index is 0.00686. The Kier molecular flexibility index (Phi) is 3.40. The zero-order valence-corrected chi connectivity index (χ0v) is 12.0. The van der Waals surface area contributed by atoms with Crippen LogP contribution in [-0.2, 0) is 5.75 Å². The Morgan fingerprint density at radius 1 is 1.32 bits per heavy atom. The molecule has 3 nitrogen and oxygen atoms in total.